The van der Waals surface area contributed by atoms with Gasteiger partial charge in [0.25, 0.3) is 0 Å². The molecule has 0 heterocycles. The van der Waals surface area contributed by atoms with Crippen LogP contribution in [0, 0.1) is 0 Å². The molecule has 2 aromatic rings. The molecule has 0 radical (unpaired) electrons. The van der Waals surface area contributed by atoms with Crippen LogP contribution >= 0.6 is 15.9 Å². The fourth-order valence-corrected chi connectivity index (χ4v) is 3.08. The molecular formula is C18H22BrNO. The third-order valence-corrected chi connectivity index (χ3v) is 3.97. The van der Waals surface area contributed by atoms with E-state index < -0.39 is 0 Å². The van der Waals surface area contributed by atoms with Gasteiger partial charge in [-0.2, -0.15) is 0 Å². The minimum atomic E-state index is 0.113. The first kappa shape index (κ1) is 15.9. The van der Waals surface area contributed by atoms with Crippen molar-refractivity contribution in [3.05, 3.63) is 52.5 Å². The third-order valence-electron chi connectivity index (χ3n) is 3.32. The first-order valence-electron chi connectivity index (χ1n) is 7.02. The normalized spacial score (nSPS) is 11.3. The molecule has 0 spiro atoms. The van der Waals surface area contributed by atoms with E-state index in [0.717, 1.165) is 21.7 Å². The van der Waals surface area contributed by atoms with Crippen molar-refractivity contribution in [2.24, 2.45) is 0 Å². The molecule has 0 saturated heterocycles. The van der Waals surface area contributed by atoms with Gasteiger partial charge < -0.3 is 9.64 Å². The van der Waals surface area contributed by atoms with Gasteiger partial charge in [-0.1, -0.05) is 48.8 Å². The van der Waals surface area contributed by atoms with E-state index in [1.54, 1.807) is 0 Å². The van der Waals surface area contributed by atoms with E-state index >= 15 is 0 Å². The molecule has 21 heavy (non-hydrogen) atoms. The van der Waals surface area contributed by atoms with Gasteiger partial charge in [-0.3, -0.25) is 0 Å². The summed E-state index contributed by atoms with van der Waals surface area (Å²) in [7, 11) is 4.04. The fraction of sp³-hybridized carbons (Fsp3) is 0.333. The second-order valence-corrected chi connectivity index (χ2v) is 7.24. The monoisotopic (exact) mass is 347 g/mol. The Morgan fingerprint density at radius 3 is 2.19 bits per heavy atom. The molecule has 0 aliphatic carbocycles. The molecule has 0 aliphatic rings. The predicted molar refractivity (Wildman–Crippen MR) is 93.7 cm³/mol. The van der Waals surface area contributed by atoms with Gasteiger partial charge in [-0.15, -0.1) is 0 Å². The van der Waals surface area contributed by atoms with E-state index in [0.29, 0.717) is 0 Å². The second-order valence-electron chi connectivity index (χ2n) is 6.39. The second kappa shape index (κ2) is 6.10. The zero-order valence-corrected chi connectivity index (χ0v) is 14.9. The van der Waals surface area contributed by atoms with E-state index in [1.165, 1.54) is 5.56 Å². The highest BCUT2D eigenvalue weighted by molar-refractivity contribution is 9.10. The molecule has 0 unspecified atom stereocenters. The van der Waals surface area contributed by atoms with E-state index in [1.807, 2.05) is 44.4 Å². The van der Waals surface area contributed by atoms with Crippen molar-refractivity contribution in [1.82, 2.24) is 0 Å². The maximum atomic E-state index is 5.96. The summed E-state index contributed by atoms with van der Waals surface area (Å²) in [6.45, 7) is 6.61. The van der Waals surface area contributed by atoms with E-state index in [2.05, 4.69) is 53.7 Å². The van der Waals surface area contributed by atoms with Crippen LogP contribution in [0.25, 0.3) is 0 Å². The fourth-order valence-electron chi connectivity index (χ4n) is 2.13. The lowest BCUT2D eigenvalue weighted by Gasteiger charge is -2.21. The van der Waals surface area contributed by atoms with Gasteiger partial charge in [-0.05, 0) is 35.2 Å². The first-order chi connectivity index (χ1) is 9.77. The average molecular weight is 348 g/mol. The number of halogens is 1. The summed E-state index contributed by atoms with van der Waals surface area (Å²) in [6.07, 6.45) is 0. The maximum absolute atomic E-state index is 5.96. The lowest BCUT2D eigenvalue weighted by atomic mass is 9.87. The van der Waals surface area contributed by atoms with Gasteiger partial charge in [0, 0.05) is 30.3 Å². The van der Waals surface area contributed by atoms with E-state index in [4.69, 9.17) is 4.74 Å². The molecule has 0 bridgehead atoms. The summed E-state index contributed by atoms with van der Waals surface area (Å²) in [4.78, 5) is 2.06. The van der Waals surface area contributed by atoms with Gasteiger partial charge in [0.2, 0.25) is 0 Å². The van der Waals surface area contributed by atoms with Gasteiger partial charge >= 0.3 is 0 Å². The molecule has 0 fully saturated rings. The molecule has 3 heteroatoms. The van der Waals surface area contributed by atoms with E-state index in [9.17, 15) is 0 Å². The Labute approximate surface area is 135 Å². The first-order valence-corrected chi connectivity index (χ1v) is 7.82. The summed E-state index contributed by atoms with van der Waals surface area (Å²) >= 11 is 3.65. The molecule has 0 aliphatic heterocycles. The average Bonchev–Trinajstić information content (AvgIpc) is 2.37. The zero-order chi connectivity index (χ0) is 15.6. The molecular weight excluding hydrogens is 326 g/mol. The van der Waals surface area contributed by atoms with Crippen molar-refractivity contribution in [1.29, 1.82) is 0 Å². The van der Waals surface area contributed by atoms with Crippen LogP contribution in [-0.2, 0) is 5.41 Å². The maximum Gasteiger partial charge on any atom is 0.129 e. The number of hydrogen-bond acceptors (Lipinski definition) is 2. The van der Waals surface area contributed by atoms with Crippen LogP contribution in [0.3, 0.4) is 0 Å². The van der Waals surface area contributed by atoms with Crippen molar-refractivity contribution in [3.63, 3.8) is 0 Å². The van der Waals surface area contributed by atoms with Crippen LogP contribution in [0.2, 0.25) is 0 Å². The molecule has 2 nitrogen and oxygen atoms in total. The molecule has 0 amide bonds. The molecule has 0 aromatic heterocycles. The van der Waals surface area contributed by atoms with Crippen molar-refractivity contribution < 1.29 is 4.74 Å². The van der Waals surface area contributed by atoms with Crippen LogP contribution < -0.4 is 9.64 Å². The standard InChI is InChI=1S/C18H22BrNO/c1-18(2,3)16-10-9-15(12-17(16)19)21-14-8-6-7-13(11-14)20(4)5/h6-12H,1-5H3. The molecule has 0 saturated carbocycles. The Morgan fingerprint density at radius 1 is 0.952 bits per heavy atom. The highest BCUT2D eigenvalue weighted by atomic mass is 79.9. The molecule has 2 aromatic carbocycles. The van der Waals surface area contributed by atoms with Crippen molar-refractivity contribution in [3.8, 4) is 11.5 Å². The summed E-state index contributed by atoms with van der Waals surface area (Å²) < 4.78 is 7.04. The Kier molecular flexibility index (Phi) is 4.62. The molecule has 112 valence electrons. The van der Waals surface area contributed by atoms with Crippen LogP contribution in [0.5, 0.6) is 11.5 Å². The van der Waals surface area contributed by atoms with Gasteiger partial charge in [0.1, 0.15) is 11.5 Å². The van der Waals surface area contributed by atoms with Crippen LogP contribution in [-0.4, -0.2) is 14.1 Å². The summed E-state index contributed by atoms with van der Waals surface area (Å²) in [5.74, 6) is 1.68. The smallest absolute Gasteiger partial charge is 0.129 e. The van der Waals surface area contributed by atoms with E-state index in [-0.39, 0.29) is 5.41 Å². The SMILES string of the molecule is CN(C)c1cccc(Oc2ccc(C(C)(C)C)c(Br)c2)c1. The number of rotatable bonds is 3. The van der Waals surface area contributed by atoms with Crippen LogP contribution in [0.1, 0.15) is 26.3 Å². The minimum absolute atomic E-state index is 0.113. The van der Waals surface area contributed by atoms with Gasteiger partial charge in [0.05, 0.1) is 0 Å². The van der Waals surface area contributed by atoms with Crippen molar-refractivity contribution >= 4 is 21.6 Å². The topological polar surface area (TPSA) is 12.5 Å². The Balaban J connectivity index is 2.25. The lowest BCUT2D eigenvalue weighted by molar-refractivity contribution is 0.481. The highest BCUT2D eigenvalue weighted by Gasteiger charge is 2.17. The number of nitrogens with zero attached hydrogens (tertiary/aromatic N) is 1. The molecule has 0 atom stereocenters. The third kappa shape index (κ3) is 4.01. The Bertz CT molecular complexity index is 629. The molecule has 2 rings (SSSR count). The number of hydrogen-bond donors (Lipinski definition) is 0. The Morgan fingerprint density at radius 2 is 1.62 bits per heavy atom. The lowest BCUT2D eigenvalue weighted by Crippen LogP contribution is -2.11. The number of anilines is 1. The largest absolute Gasteiger partial charge is 0.457 e. The number of ether oxygens (including phenoxy) is 1. The minimum Gasteiger partial charge on any atom is -0.457 e. The van der Waals surface area contributed by atoms with Crippen LogP contribution in [0.4, 0.5) is 5.69 Å². The quantitative estimate of drug-likeness (QED) is 0.715. The zero-order valence-electron chi connectivity index (χ0n) is 13.3. The summed E-state index contributed by atoms with van der Waals surface area (Å²) in [5.41, 5.74) is 2.51. The van der Waals surface area contributed by atoms with Crippen LogP contribution in [0.15, 0.2) is 46.9 Å². The Hall–Kier alpha value is -1.48. The summed E-state index contributed by atoms with van der Waals surface area (Å²) in [6, 6.07) is 14.2. The predicted octanol–water partition coefficient (Wildman–Crippen LogP) is 5.60. The number of benzene rings is 2. The van der Waals surface area contributed by atoms with Gasteiger partial charge in [0.15, 0.2) is 0 Å². The molecule has 0 N–H and O–H groups in total. The van der Waals surface area contributed by atoms with Crippen molar-refractivity contribution in [2.75, 3.05) is 19.0 Å². The highest BCUT2D eigenvalue weighted by Crippen LogP contribution is 2.34. The van der Waals surface area contributed by atoms with Gasteiger partial charge in [-0.25, -0.2) is 0 Å². The van der Waals surface area contributed by atoms with Crippen molar-refractivity contribution in [2.45, 2.75) is 26.2 Å². The summed E-state index contributed by atoms with van der Waals surface area (Å²) in [5, 5.41) is 0.